The molecule has 0 unspecified atom stereocenters. The van der Waals surface area contributed by atoms with Gasteiger partial charge in [-0.15, -0.1) is 0 Å². The maximum Gasteiger partial charge on any atom is 0.210 e. The molecule has 0 amide bonds. The van der Waals surface area contributed by atoms with Gasteiger partial charge in [-0.2, -0.15) is 0 Å². The number of fused-ring (bicyclic) bond motifs is 6. The van der Waals surface area contributed by atoms with Gasteiger partial charge in [-0.05, 0) is 117 Å². The summed E-state index contributed by atoms with van der Waals surface area (Å²) < 4.78 is 35.4. The number of sulfone groups is 1. The van der Waals surface area contributed by atoms with Crippen LogP contribution in [0, 0.1) is 0 Å². The van der Waals surface area contributed by atoms with E-state index in [0.29, 0.717) is 11.4 Å². The van der Waals surface area contributed by atoms with Gasteiger partial charge in [-0.25, -0.2) is 8.42 Å². The summed E-state index contributed by atoms with van der Waals surface area (Å²) in [6.07, 6.45) is 0. The summed E-state index contributed by atoms with van der Waals surface area (Å²) >= 11 is 0. The van der Waals surface area contributed by atoms with Gasteiger partial charge in [-0.3, -0.25) is 0 Å². The molecule has 0 saturated heterocycles. The van der Waals surface area contributed by atoms with Crippen molar-refractivity contribution in [3.8, 4) is 11.4 Å². The molecule has 0 aliphatic rings. The average molecular weight is 773 g/mol. The van der Waals surface area contributed by atoms with Crippen molar-refractivity contribution in [3.63, 3.8) is 0 Å². The molecular weight excluding hydrogens is 717 g/mol. The van der Waals surface area contributed by atoms with E-state index < -0.39 is 9.84 Å². The molecule has 2 heterocycles. The van der Waals surface area contributed by atoms with E-state index in [0.717, 1.165) is 43.6 Å². The first-order valence-corrected chi connectivity index (χ1v) is 21.7. The van der Waals surface area contributed by atoms with Gasteiger partial charge >= 0.3 is 0 Å². The number of hydrogen-bond donors (Lipinski definition) is 0. The van der Waals surface area contributed by atoms with Crippen molar-refractivity contribution in [1.82, 2.24) is 9.13 Å². The first kappa shape index (κ1) is 38.7. The van der Waals surface area contributed by atoms with E-state index in [2.05, 4.69) is 165 Å². The topological polar surface area (TPSA) is 44.0 Å². The van der Waals surface area contributed by atoms with Gasteiger partial charge in [0, 0.05) is 21.5 Å². The molecule has 57 heavy (non-hydrogen) atoms. The molecule has 0 N–H and O–H groups in total. The molecular formula is C52H56N2O2S. The second kappa shape index (κ2) is 12.9. The van der Waals surface area contributed by atoms with Crippen LogP contribution in [0.1, 0.15) is 105 Å². The van der Waals surface area contributed by atoms with Gasteiger partial charge in [-0.1, -0.05) is 132 Å². The van der Waals surface area contributed by atoms with E-state index >= 15 is 8.42 Å². The van der Waals surface area contributed by atoms with Crippen LogP contribution in [0.2, 0.25) is 0 Å². The molecule has 0 aliphatic carbocycles. The smallest absolute Gasteiger partial charge is 0.210 e. The highest BCUT2D eigenvalue weighted by Crippen LogP contribution is 2.42. The minimum atomic E-state index is -4.09. The zero-order valence-electron chi connectivity index (χ0n) is 35.7. The normalized spacial score (nSPS) is 13.4. The third-order valence-corrected chi connectivity index (χ3v) is 13.6. The molecule has 0 aliphatic heterocycles. The van der Waals surface area contributed by atoms with Crippen LogP contribution in [0.5, 0.6) is 0 Å². The Balaban J connectivity index is 1.40. The first-order chi connectivity index (χ1) is 26.6. The Bertz CT molecular complexity index is 2660. The van der Waals surface area contributed by atoms with Crippen LogP contribution in [0.15, 0.2) is 131 Å². The predicted molar refractivity (Wildman–Crippen MR) is 242 cm³/mol. The van der Waals surface area contributed by atoms with E-state index in [-0.39, 0.29) is 31.5 Å². The summed E-state index contributed by atoms with van der Waals surface area (Å²) in [5.74, 6) is 0. The molecule has 0 radical (unpaired) electrons. The Morgan fingerprint density at radius 2 is 0.596 bits per heavy atom. The van der Waals surface area contributed by atoms with Crippen molar-refractivity contribution in [3.05, 3.63) is 144 Å². The Labute approximate surface area is 339 Å². The number of benzene rings is 6. The number of nitrogens with zero attached hydrogens (tertiary/aromatic N) is 2. The standard InChI is InChI=1S/C52H56N2O2S/c1-49(2,3)33-21-25-41-37(29-33)38-30-34(50(4,5)6)22-26-42(38)53(41)45-17-13-15-19-47(45)57(55,56)48-20-16-14-18-46(48)54-43-27-23-35(51(7,8)9)31-39(43)40-32-36(52(10,11)12)24-28-44(40)54/h13-32H,1-12H3. The van der Waals surface area contributed by atoms with E-state index in [1.165, 1.54) is 22.3 Å². The van der Waals surface area contributed by atoms with Crippen LogP contribution >= 0.6 is 0 Å². The Hall–Kier alpha value is -5.13. The monoisotopic (exact) mass is 772 g/mol. The summed E-state index contributed by atoms with van der Waals surface area (Å²) in [6, 6.07) is 41.6. The fourth-order valence-electron chi connectivity index (χ4n) is 8.29. The molecule has 4 nitrogen and oxygen atoms in total. The van der Waals surface area contributed by atoms with Gasteiger partial charge in [0.2, 0.25) is 9.84 Å². The lowest BCUT2D eigenvalue weighted by atomic mass is 9.85. The highest BCUT2D eigenvalue weighted by molar-refractivity contribution is 7.91. The molecule has 8 rings (SSSR count). The summed E-state index contributed by atoms with van der Waals surface area (Å²) in [5.41, 5.74) is 9.92. The lowest BCUT2D eigenvalue weighted by Gasteiger charge is -2.20. The SMILES string of the molecule is CC(C)(C)c1ccc2c(c1)c1cc(C(C)(C)C)ccc1n2-c1ccccc1S(=O)(=O)c1ccccc1-n1c2ccc(C(C)(C)C)cc2c2cc(C(C)(C)C)ccc21. The van der Waals surface area contributed by atoms with Crippen molar-refractivity contribution in [2.24, 2.45) is 0 Å². The summed E-state index contributed by atoms with van der Waals surface area (Å²) in [4.78, 5) is 0.531. The van der Waals surface area contributed by atoms with Gasteiger partial charge in [0.1, 0.15) is 0 Å². The zero-order chi connectivity index (χ0) is 41.0. The average Bonchev–Trinajstić information content (AvgIpc) is 3.64. The van der Waals surface area contributed by atoms with Gasteiger partial charge in [0.05, 0.1) is 43.2 Å². The third-order valence-electron chi connectivity index (χ3n) is 11.8. The molecule has 6 aromatic carbocycles. The molecule has 0 spiro atoms. The van der Waals surface area contributed by atoms with Crippen molar-refractivity contribution in [2.45, 2.75) is 115 Å². The molecule has 5 heteroatoms. The van der Waals surface area contributed by atoms with Crippen molar-refractivity contribution in [2.75, 3.05) is 0 Å². The summed E-state index contributed by atoms with van der Waals surface area (Å²) in [5, 5.41) is 4.47. The molecule has 0 fully saturated rings. The highest BCUT2D eigenvalue weighted by Gasteiger charge is 2.30. The van der Waals surface area contributed by atoms with Crippen LogP contribution < -0.4 is 0 Å². The Kier molecular flexibility index (Phi) is 8.79. The second-order valence-electron chi connectivity index (χ2n) is 20.0. The first-order valence-electron chi connectivity index (χ1n) is 20.2. The fraction of sp³-hybridized carbons (Fsp3) is 0.308. The predicted octanol–water partition coefficient (Wildman–Crippen LogP) is 13.9. The lowest BCUT2D eigenvalue weighted by Crippen LogP contribution is -2.12. The van der Waals surface area contributed by atoms with Gasteiger partial charge < -0.3 is 9.13 Å². The number of aromatic nitrogens is 2. The van der Waals surface area contributed by atoms with Crippen LogP contribution in [0.4, 0.5) is 0 Å². The largest absolute Gasteiger partial charge is 0.308 e. The highest BCUT2D eigenvalue weighted by atomic mass is 32.2. The zero-order valence-corrected chi connectivity index (χ0v) is 36.5. The van der Waals surface area contributed by atoms with E-state index in [1.807, 2.05) is 36.4 Å². The molecule has 0 atom stereocenters. The molecule has 2 aromatic heterocycles. The van der Waals surface area contributed by atoms with Crippen molar-refractivity contribution in [1.29, 1.82) is 0 Å². The summed E-state index contributed by atoms with van der Waals surface area (Å²) in [7, 11) is -4.09. The quantitative estimate of drug-likeness (QED) is 0.179. The van der Waals surface area contributed by atoms with E-state index in [9.17, 15) is 0 Å². The molecule has 292 valence electrons. The number of para-hydroxylation sites is 2. The molecule has 0 bridgehead atoms. The van der Waals surface area contributed by atoms with Crippen molar-refractivity contribution >= 4 is 53.4 Å². The minimum Gasteiger partial charge on any atom is -0.308 e. The molecule has 8 aromatic rings. The molecule has 0 saturated carbocycles. The van der Waals surface area contributed by atoms with E-state index in [4.69, 9.17) is 0 Å². The van der Waals surface area contributed by atoms with Crippen LogP contribution in [-0.2, 0) is 31.5 Å². The Morgan fingerprint density at radius 3 is 0.842 bits per heavy atom. The number of hydrogen-bond acceptors (Lipinski definition) is 2. The van der Waals surface area contributed by atoms with Gasteiger partial charge in [0.25, 0.3) is 0 Å². The summed E-state index contributed by atoms with van der Waals surface area (Å²) in [6.45, 7) is 26.8. The van der Waals surface area contributed by atoms with Crippen LogP contribution in [0.25, 0.3) is 55.0 Å². The minimum absolute atomic E-state index is 0.0510. The fourth-order valence-corrected chi connectivity index (χ4v) is 9.91. The third kappa shape index (κ3) is 6.49. The van der Waals surface area contributed by atoms with E-state index in [1.54, 1.807) is 12.1 Å². The Morgan fingerprint density at radius 1 is 0.351 bits per heavy atom. The maximum atomic E-state index is 15.5. The lowest BCUT2D eigenvalue weighted by molar-refractivity contribution is 0.590. The maximum absolute atomic E-state index is 15.5. The van der Waals surface area contributed by atoms with Gasteiger partial charge in [0.15, 0.2) is 0 Å². The second-order valence-corrected chi connectivity index (χ2v) is 21.9. The van der Waals surface area contributed by atoms with Crippen LogP contribution in [0.3, 0.4) is 0 Å². The van der Waals surface area contributed by atoms with Crippen molar-refractivity contribution < 1.29 is 8.42 Å². The number of rotatable bonds is 4. The van der Waals surface area contributed by atoms with Crippen LogP contribution in [-0.4, -0.2) is 17.6 Å².